The molecular weight excluding hydrogens is 347 g/mol. The molecule has 2 N–H and O–H groups in total. The fourth-order valence-corrected chi connectivity index (χ4v) is 3.06. The zero-order valence-corrected chi connectivity index (χ0v) is 14.7. The molecule has 0 radical (unpaired) electrons. The van der Waals surface area contributed by atoms with E-state index in [1.54, 1.807) is 0 Å². The maximum Gasteiger partial charge on any atom is 0.401 e. The molecule has 0 unspecified atom stereocenters. The molecule has 1 aromatic heterocycles. The highest BCUT2D eigenvalue weighted by molar-refractivity contribution is 5.77. The minimum Gasteiger partial charge on any atom is -0.340 e. The second kappa shape index (κ2) is 7.14. The summed E-state index contributed by atoms with van der Waals surface area (Å²) in [5.41, 5.74) is 2.84. The number of nitrogens with zero attached hydrogens (tertiary/aromatic N) is 3. The van der Waals surface area contributed by atoms with Crippen molar-refractivity contribution in [1.82, 2.24) is 25.1 Å². The van der Waals surface area contributed by atoms with Gasteiger partial charge >= 0.3 is 12.2 Å². The lowest BCUT2D eigenvalue weighted by Gasteiger charge is -2.35. The number of aryl methyl sites for hydroxylation is 1. The number of imidazole rings is 1. The van der Waals surface area contributed by atoms with Crippen LogP contribution < -0.4 is 5.32 Å². The quantitative estimate of drug-likeness (QED) is 0.875. The Morgan fingerprint density at radius 1 is 1.31 bits per heavy atom. The van der Waals surface area contributed by atoms with Gasteiger partial charge in [-0.15, -0.1) is 0 Å². The van der Waals surface area contributed by atoms with Crippen LogP contribution in [0, 0.1) is 6.92 Å². The first-order chi connectivity index (χ1) is 12.2. The average Bonchev–Trinajstić information content (AvgIpc) is 2.97. The van der Waals surface area contributed by atoms with Crippen LogP contribution in [0.1, 0.15) is 24.4 Å². The van der Waals surface area contributed by atoms with Crippen LogP contribution >= 0.6 is 0 Å². The molecule has 6 nitrogen and oxygen atoms in total. The monoisotopic (exact) mass is 369 g/mol. The number of carbonyl (C=O) groups excluding carboxylic acids is 1. The molecule has 0 aliphatic carbocycles. The normalized spacial score (nSPS) is 17.5. The molecule has 1 aliphatic heterocycles. The first kappa shape index (κ1) is 18.5. The summed E-state index contributed by atoms with van der Waals surface area (Å²) in [7, 11) is 0. The lowest BCUT2D eigenvalue weighted by atomic mass is 10.2. The Labute approximate surface area is 149 Å². The topological polar surface area (TPSA) is 64.3 Å². The van der Waals surface area contributed by atoms with E-state index >= 15 is 0 Å². The van der Waals surface area contributed by atoms with Crippen molar-refractivity contribution in [3.8, 4) is 0 Å². The molecule has 142 valence electrons. The number of nitrogens with one attached hydrogen (secondary N) is 2. The van der Waals surface area contributed by atoms with Gasteiger partial charge in [-0.3, -0.25) is 4.90 Å². The fraction of sp³-hybridized carbons (Fsp3) is 0.529. The van der Waals surface area contributed by atoms with Crippen molar-refractivity contribution in [2.45, 2.75) is 26.1 Å². The lowest BCUT2D eigenvalue weighted by Crippen LogP contribution is -2.53. The number of carbonyl (C=O) groups is 1. The standard InChI is InChI=1S/C17H22F3N5O/c1-11-3-4-13-14(9-11)23-15(22-13)12(2)21-16(26)25-7-5-24(6-8-25)10-17(18,19)20/h3-4,9,12H,5-8,10H2,1-2H3,(H,21,26)(H,22,23)/t12-/m1/s1. The van der Waals surface area contributed by atoms with Gasteiger partial charge in [0.15, 0.2) is 0 Å². The Morgan fingerprint density at radius 3 is 2.65 bits per heavy atom. The van der Waals surface area contributed by atoms with Crippen molar-refractivity contribution in [3.63, 3.8) is 0 Å². The van der Waals surface area contributed by atoms with Gasteiger partial charge in [-0.1, -0.05) is 6.07 Å². The number of hydrogen-bond acceptors (Lipinski definition) is 3. The van der Waals surface area contributed by atoms with Crippen molar-refractivity contribution >= 4 is 17.1 Å². The molecule has 1 aliphatic rings. The predicted molar refractivity (Wildman–Crippen MR) is 91.8 cm³/mol. The lowest BCUT2D eigenvalue weighted by molar-refractivity contribution is -0.148. The molecule has 1 saturated heterocycles. The van der Waals surface area contributed by atoms with Crippen molar-refractivity contribution in [3.05, 3.63) is 29.6 Å². The summed E-state index contributed by atoms with van der Waals surface area (Å²) >= 11 is 0. The third kappa shape index (κ3) is 4.46. The molecule has 26 heavy (non-hydrogen) atoms. The minimum atomic E-state index is -4.21. The number of urea groups is 1. The number of halogens is 3. The van der Waals surface area contributed by atoms with E-state index in [-0.39, 0.29) is 38.3 Å². The minimum absolute atomic E-state index is 0.214. The van der Waals surface area contributed by atoms with Crippen molar-refractivity contribution in [2.24, 2.45) is 0 Å². The largest absolute Gasteiger partial charge is 0.401 e. The number of fused-ring (bicyclic) bond motifs is 1. The summed E-state index contributed by atoms with van der Waals surface area (Å²) in [5, 5.41) is 2.86. The maximum atomic E-state index is 12.4. The summed E-state index contributed by atoms with van der Waals surface area (Å²) in [6.07, 6.45) is -4.21. The number of H-pyrrole nitrogens is 1. The number of piperazine rings is 1. The molecule has 0 saturated carbocycles. The number of aromatic amines is 1. The average molecular weight is 369 g/mol. The summed E-state index contributed by atoms with van der Waals surface area (Å²) in [6, 6.07) is 5.25. The first-order valence-electron chi connectivity index (χ1n) is 8.52. The van der Waals surface area contributed by atoms with Crippen molar-refractivity contribution < 1.29 is 18.0 Å². The molecule has 0 bridgehead atoms. The molecule has 2 heterocycles. The van der Waals surface area contributed by atoms with E-state index in [0.29, 0.717) is 5.82 Å². The Hall–Kier alpha value is -2.29. The van der Waals surface area contributed by atoms with Crippen molar-refractivity contribution in [1.29, 1.82) is 0 Å². The number of aromatic nitrogens is 2. The Morgan fingerprint density at radius 2 is 2.00 bits per heavy atom. The van der Waals surface area contributed by atoms with Crippen LogP contribution in [0.3, 0.4) is 0 Å². The zero-order chi connectivity index (χ0) is 18.9. The second-order valence-electron chi connectivity index (χ2n) is 6.69. The van der Waals surface area contributed by atoms with E-state index in [1.807, 2.05) is 32.0 Å². The van der Waals surface area contributed by atoms with Crippen LogP contribution in [0.2, 0.25) is 0 Å². The highest BCUT2D eigenvalue weighted by Gasteiger charge is 2.33. The highest BCUT2D eigenvalue weighted by Crippen LogP contribution is 2.19. The van der Waals surface area contributed by atoms with Gasteiger partial charge in [0, 0.05) is 26.2 Å². The Kier molecular flexibility index (Phi) is 5.08. The molecule has 1 atom stereocenters. The summed E-state index contributed by atoms with van der Waals surface area (Å²) in [4.78, 5) is 22.9. The summed E-state index contributed by atoms with van der Waals surface area (Å²) in [6.45, 7) is 3.85. The van der Waals surface area contributed by atoms with Gasteiger partial charge in [0.25, 0.3) is 0 Å². The maximum absolute atomic E-state index is 12.4. The molecule has 3 rings (SSSR count). The Bertz CT molecular complexity index is 780. The molecular formula is C17H22F3N5O. The molecule has 2 aromatic rings. The van der Waals surface area contributed by atoms with Gasteiger partial charge in [-0.2, -0.15) is 13.2 Å². The van der Waals surface area contributed by atoms with Gasteiger partial charge in [0.2, 0.25) is 0 Å². The van der Waals surface area contributed by atoms with Crippen LogP contribution in [-0.2, 0) is 0 Å². The second-order valence-corrected chi connectivity index (χ2v) is 6.69. The molecule has 1 aromatic carbocycles. The van der Waals surface area contributed by atoms with E-state index in [2.05, 4.69) is 15.3 Å². The van der Waals surface area contributed by atoms with Crippen LogP contribution in [0.25, 0.3) is 11.0 Å². The van der Waals surface area contributed by atoms with Crippen LogP contribution in [0.15, 0.2) is 18.2 Å². The number of rotatable bonds is 3. The van der Waals surface area contributed by atoms with E-state index in [0.717, 1.165) is 16.6 Å². The Balaban J connectivity index is 1.56. The molecule has 1 fully saturated rings. The number of alkyl halides is 3. The molecule has 9 heteroatoms. The van der Waals surface area contributed by atoms with Crippen LogP contribution in [0.5, 0.6) is 0 Å². The SMILES string of the molecule is Cc1ccc2nc([C@@H](C)NC(=O)N3CCN(CC(F)(F)F)CC3)[nH]c2c1. The van der Waals surface area contributed by atoms with E-state index in [4.69, 9.17) is 0 Å². The summed E-state index contributed by atoms with van der Waals surface area (Å²) < 4.78 is 37.3. The summed E-state index contributed by atoms with van der Waals surface area (Å²) in [5.74, 6) is 0.648. The van der Waals surface area contributed by atoms with Gasteiger partial charge in [-0.25, -0.2) is 9.78 Å². The van der Waals surface area contributed by atoms with Gasteiger partial charge in [-0.05, 0) is 31.5 Å². The smallest absolute Gasteiger partial charge is 0.340 e. The predicted octanol–water partition coefficient (Wildman–Crippen LogP) is 2.82. The van der Waals surface area contributed by atoms with Crippen LogP contribution in [0.4, 0.5) is 18.0 Å². The first-order valence-corrected chi connectivity index (χ1v) is 8.52. The fourth-order valence-electron chi connectivity index (χ4n) is 3.06. The van der Waals surface area contributed by atoms with Gasteiger partial charge < -0.3 is 15.2 Å². The number of hydrogen-bond donors (Lipinski definition) is 2. The third-order valence-electron chi connectivity index (χ3n) is 4.47. The van der Waals surface area contributed by atoms with Gasteiger partial charge in [0.05, 0.1) is 23.6 Å². The zero-order valence-electron chi connectivity index (χ0n) is 14.7. The van der Waals surface area contributed by atoms with E-state index < -0.39 is 12.7 Å². The number of amides is 2. The van der Waals surface area contributed by atoms with Crippen LogP contribution in [-0.4, -0.2) is 64.7 Å². The van der Waals surface area contributed by atoms with Gasteiger partial charge in [0.1, 0.15) is 5.82 Å². The molecule has 2 amide bonds. The van der Waals surface area contributed by atoms with E-state index in [1.165, 1.54) is 9.80 Å². The molecule has 0 spiro atoms. The van der Waals surface area contributed by atoms with Crippen molar-refractivity contribution in [2.75, 3.05) is 32.7 Å². The number of benzene rings is 1. The van der Waals surface area contributed by atoms with E-state index in [9.17, 15) is 18.0 Å². The third-order valence-corrected chi connectivity index (χ3v) is 4.47. The highest BCUT2D eigenvalue weighted by atomic mass is 19.4.